The van der Waals surface area contributed by atoms with Gasteiger partial charge in [-0.25, -0.2) is 13.8 Å². The molecule has 0 unspecified atom stereocenters. The van der Waals surface area contributed by atoms with E-state index in [-0.39, 0.29) is 24.0 Å². The Bertz CT molecular complexity index is 958. The van der Waals surface area contributed by atoms with Gasteiger partial charge in [0.15, 0.2) is 5.96 Å². The van der Waals surface area contributed by atoms with Gasteiger partial charge in [0.1, 0.15) is 17.9 Å². The number of guanidine groups is 1. The van der Waals surface area contributed by atoms with Gasteiger partial charge in [-0.05, 0) is 37.1 Å². The number of benzene rings is 2. The first kappa shape index (κ1) is 22.8. The minimum atomic E-state index is -0.579. The lowest BCUT2D eigenvalue weighted by Gasteiger charge is -2.11. The summed E-state index contributed by atoms with van der Waals surface area (Å²) in [6, 6.07) is 11.5. The van der Waals surface area contributed by atoms with Crippen molar-refractivity contribution in [2.45, 2.75) is 19.9 Å². The molecule has 0 saturated carbocycles. The summed E-state index contributed by atoms with van der Waals surface area (Å²) in [6.07, 6.45) is 2.01. The third-order valence-corrected chi connectivity index (χ3v) is 4.21. The maximum absolute atomic E-state index is 13.7. The zero-order valence-corrected chi connectivity index (χ0v) is 18.5. The molecule has 0 spiro atoms. The largest absolute Gasteiger partial charge is 0.444 e. The van der Waals surface area contributed by atoms with Crippen LogP contribution >= 0.6 is 24.0 Å². The second-order valence-corrected chi connectivity index (χ2v) is 6.35. The van der Waals surface area contributed by atoms with Gasteiger partial charge in [0.2, 0.25) is 5.89 Å². The van der Waals surface area contributed by atoms with Crippen molar-refractivity contribution < 1.29 is 13.2 Å². The maximum atomic E-state index is 13.7. The monoisotopic (exact) mass is 512 g/mol. The molecule has 0 saturated heterocycles. The molecule has 0 radical (unpaired) electrons. The van der Waals surface area contributed by atoms with Gasteiger partial charge >= 0.3 is 0 Å². The molecule has 2 N–H and O–H groups in total. The summed E-state index contributed by atoms with van der Waals surface area (Å²) >= 11 is 0. The topological polar surface area (TPSA) is 62.5 Å². The Kier molecular flexibility index (Phi) is 8.56. The predicted molar refractivity (Wildman–Crippen MR) is 120 cm³/mol. The van der Waals surface area contributed by atoms with Crippen LogP contribution in [0.25, 0.3) is 11.5 Å². The summed E-state index contributed by atoms with van der Waals surface area (Å²) in [6.45, 7) is 2.91. The van der Waals surface area contributed by atoms with E-state index >= 15 is 0 Å². The molecule has 0 atom stereocenters. The number of nitrogens with one attached hydrogen (secondary N) is 2. The molecule has 0 aliphatic heterocycles. The van der Waals surface area contributed by atoms with Gasteiger partial charge in [-0.15, -0.1) is 24.0 Å². The Balaban J connectivity index is 0.00000300. The number of aromatic nitrogens is 1. The van der Waals surface area contributed by atoms with Gasteiger partial charge in [-0.3, -0.25) is 4.99 Å². The number of nitrogens with zero attached hydrogens (tertiary/aromatic N) is 2. The van der Waals surface area contributed by atoms with E-state index in [9.17, 15) is 8.78 Å². The van der Waals surface area contributed by atoms with Crippen molar-refractivity contribution in [2.75, 3.05) is 13.6 Å². The fourth-order valence-corrected chi connectivity index (χ4v) is 2.65. The van der Waals surface area contributed by atoms with Gasteiger partial charge in [0.25, 0.3) is 0 Å². The van der Waals surface area contributed by atoms with Crippen LogP contribution in [0.1, 0.15) is 16.8 Å². The zero-order valence-electron chi connectivity index (χ0n) is 16.2. The van der Waals surface area contributed by atoms with Crippen molar-refractivity contribution in [3.63, 3.8) is 0 Å². The van der Waals surface area contributed by atoms with Crippen molar-refractivity contribution in [3.8, 4) is 11.5 Å². The van der Waals surface area contributed by atoms with Crippen molar-refractivity contribution in [1.29, 1.82) is 0 Å². The van der Waals surface area contributed by atoms with Crippen molar-refractivity contribution in [1.82, 2.24) is 15.6 Å². The maximum Gasteiger partial charge on any atom is 0.226 e. The highest BCUT2D eigenvalue weighted by Crippen LogP contribution is 2.19. The molecule has 29 heavy (non-hydrogen) atoms. The predicted octanol–water partition coefficient (Wildman–Crippen LogP) is 4.45. The van der Waals surface area contributed by atoms with E-state index < -0.39 is 11.6 Å². The van der Waals surface area contributed by atoms with Crippen LogP contribution in [0.15, 0.2) is 58.1 Å². The normalized spacial score (nSPS) is 11.1. The van der Waals surface area contributed by atoms with E-state index in [2.05, 4.69) is 20.6 Å². The number of rotatable bonds is 6. The van der Waals surface area contributed by atoms with Crippen LogP contribution in [0.2, 0.25) is 0 Å². The summed E-state index contributed by atoms with van der Waals surface area (Å²) in [5, 5.41) is 6.23. The minimum absolute atomic E-state index is 0. The molecule has 3 rings (SSSR count). The molecule has 0 fully saturated rings. The van der Waals surface area contributed by atoms with E-state index in [4.69, 9.17) is 4.42 Å². The summed E-state index contributed by atoms with van der Waals surface area (Å²) in [5.74, 6) is -0.00535. The fraction of sp³-hybridized carbons (Fsp3) is 0.238. The highest BCUT2D eigenvalue weighted by atomic mass is 127. The average molecular weight is 512 g/mol. The van der Waals surface area contributed by atoms with Gasteiger partial charge in [0.05, 0.1) is 12.2 Å². The van der Waals surface area contributed by atoms with Crippen molar-refractivity contribution in [3.05, 3.63) is 77.2 Å². The number of hydrogen-bond acceptors (Lipinski definition) is 3. The third-order valence-electron chi connectivity index (χ3n) is 4.21. The molecule has 0 amide bonds. The highest BCUT2D eigenvalue weighted by molar-refractivity contribution is 14.0. The van der Waals surface area contributed by atoms with Crippen LogP contribution in [-0.2, 0) is 13.0 Å². The van der Waals surface area contributed by atoms with Gasteiger partial charge < -0.3 is 15.1 Å². The van der Waals surface area contributed by atoms with E-state index in [1.807, 2.05) is 31.2 Å². The summed E-state index contributed by atoms with van der Waals surface area (Å²) in [4.78, 5) is 8.59. The molecule has 5 nitrogen and oxygen atoms in total. The van der Waals surface area contributed by atoms with E-state index in [1.165, 1.54) is 17.7 Å². The lowest BCUT2D eigenvalue weighted by atomic mass is 10.1. The van der Waals surface area contributed by atoms with E-state index in [0.717, 1.165) is 17.3 Å². The van der Waals surface area contributed by atoms with Gasteiger partial charge in [-0.1, -0.05) is 23.8 Å². The Hall–Kier alpha value is -2.49. The Morgan fingerprint density at radius 2 is 1.86 bits per heavy atom. The lowest BCUT2D eigenvalue weighted by Crippen LogP contribution is -2.38. The second-order valence-electron chi connectivity index (χ2n) is 6.35. The van der Waals surface area contributed by atoms with Crippen LogP contribution in [-0.4, -0.2) is 24.5 Å². The molecule has 2 aromatic carbocycles. The SMILES string of the molecule is CN=C(NCCc1ccc(F)cc1F)NCc1coc(-c2ccc(C)cc2)n1.I. The molecule has 0 aliphatic carbocycles. The minimum Gasteiger partial charge on any atom is -0.444 e. The molecule has 1 aromatic heterocycles. The smallest absolute Gasteiger partial charge is 0.226 e. The summed E-state index contributed by atoms with van der Waals surface area (Å²) < 4.78 is 32.1. The molecule has 154 valence electrons. The Morgan fingerprint density at radius 3 is 2.55 bits per heavy atom. The van der Waals surface area contributed by atoms with Crippen LogP contribution in [0.3, 0.4) is 0 Å². The standard InChI is InChI=1S/C21H22F2N4O.HI/c1-14-3-5-16(6-4-14)20-27-18(13-28-20)12-26-21(24-2)25-10-9-15-7-8-17(22)11-19(15)23;/h3-8,11,13H,9-10,12H2,1-2H3,(H2,24,25,26);1H. The Labute approximate surface area is 185 Å². The van der Waals surface area contributed by atoms with Crippen molar-refractivity contribution in [2.24, 2.45) is 4.99 Å². The van der Waals surface area contributed by atoms with Gasteiger partial charge in [0, 0.05) is 25.2 Å². The first-order valence-electron chi connectivity index (χ1n) is 8.95. The molecule has 8 heteroatoms. The summed E-state index contributed by atoms with van der Waals surface area (Å²) in [7, 11) is 1.65. The fourth-order valence-electron chi connectivity index (χ4n) is 2.65. The van der Waals surface area contributed by atoms with E-state index in [0.29, 0.717) is 36.9 Å². The zero-order chi connectivity index (χ0) is 19.9. The Morgan fingerprint density at radius 1 is 1.10 bits per heavy atom. The van der Waals surface area contributed by atoms with Gasteiger partial charge in [-0.2, -0.15) is 0 Å². The number of hydrogen-bond donors (Lipinski definition) is 2. The first-order chi connectivity index (χ1) is 13.5. The average Bonchev–Trinajstić information content (AvgIpc) is 3.15. The van der Waals surface area contributed by atoms with Crippen LogP contribution < -0.4 is 10.6 Å². The number of oxazole rings is 1. The number of halogens is 3. The van der Waals surface area contributed by atoms with Crippen LogP contribution in [0.4, 0.5) is 8.78 Å². The third kappa shape index (κ3) is 6.52. The first-order valence-corrected chi connectivity index (χ1v) is 8.95. The molecule has 3 aromatic rings. The number of aryl methyl sites for hydroxylation is 1. The molecular weight excluding hydrogens is 489 g/mol. The van der Waals surface area contributed by atoms with Crippen LogP contribution in [0, 0.1) is 18.6 Å². The second kappa shape index (κ2) is 10.9. The summed E-state index contributed by atoms with van der Waals surface area (Å²) in [5.41, 5.74) is 3.28. The number of aliphatic imine (C=N–C) groups is 1. The molecule has 0 bridgehead atoms. The van der Waals surface area contributed by atoms with Crippen molar-refractivity contribution >= 4 is 29.9 Å². The van der Waals surface area contributed by atoms with E-state index in [1.54, 1.807) is 13.3 Å². The highest BCUT2D eigenvalue weighted by Gasteiger charge is 2.08. The molecular formula is C21H23F2IN4O. The molecule has 0 aliphatic rings. The van der Waals surface area contributed by atoms with Crippen LogP contribution in [0.5, 0.6) is 0 Å². The quantitative estimate of drug-likeness (QED) is 0.291. The lowest BCUT2D eigenvalue weighted by molar-refractivity contribution is 0.570. The molecule has 1 heterocycles.